The van der Waals surface area contributed by atoms with Crippen LogP contribution < -0.4 is 9.47 Å². The van der Waals surface area contributed by atoms with Crippen molar-refractivity contribution in [2.24, 2.45) is 0 Å². The van der Waals surface area contributed by atoms with Crippen LogP contribution in [0.15, 0.2) is 47.8 Å². The molecule has 0 aliphatic heterocycles. The van der Waals surface area contributed by atoms with Gasteiger partial charge in [0.2, 0.25) is 0 Å². The van der Waals surface area contributed by atoms with Crippen LogP contribution in [0.5, 0.6) is 11.5 Å². The molecule has 0 unspecified atom stereocenters. The Morgan fingerprint density at radius 1 is 1.07 bits per heavy atom. The highest BCUT2D eigenvalue weighted by atomic mass is 32.1. The second-order valence-electron chi connectivity index (χ2n) is 6.15. The summed E-state index contributed by atoms with van der Waals surface area (Å²) in [6, 6.07) is 13.5. The number of ether oxygens (including phenoxy) is 3. The molecule has 3 rings (SSSR count). The molecule has 1 aromatic heterocycles. The Morgan fingerprint density at radius 2 is 1.85 bits per heavy atom. The highest BCUT2D eigenvalue weighted by Crippen LogP contribution is 2.27. The van der Waals surface area contributed by atoms with E-state index in [0.717, 1.165) is 27.4 Å². The lowest BCUT2D eigenvalue weighted by molar-refractivity contribution is -0.147. The number of benzene rings is 2. The van der Waals surface area contributed by atoms with Gasteiger partial charge in [-0.15, -0.1) is 11.3 Å². The standard InChI is InChI=1S/C21H21NO4S/c1-14-7-15(2)9-19(8-14)25-12-20(23)26-11-17-13-27-21(22-17)16-5-4-6-18(10-16)24-3/h4-10,13H,11-12H2,1-3H3. The highest BCUT2D eigenvalue weighted by molar-refractivity contribution is 7.13. The fourth-order valence-corrected chi connectivity index (χ4v) is 3.42. The third-order valence-corrected chi connectivity index (χ3v) is 4.74. The Kier molecular flexibility index (Phi) is 6.08. The first kappa shape index (κ1) is 18.9. The lowest BCUT2D eigenvalue weighted by Crippen LogP contribution is -2.15. The van der Waals surface area contributed by atoms with Crippen molar-refractivity contribution < 1.29 is 19.0 Å². The monoisotopic (exact) mass is 383 g/mol. The number of hydrogen-bond donors (Lipinski definition) is 0. The number of aromatic nitrogens is 1. The van der Waals surface area contributed by atoms with Gasteiger partial charge in [0.15, 0.2) is 6.61 Å². The number of thiazole rings is 1. The summed E-state index contributed by atoms with van der Waals surface area (Å²) >= 11 is 1.50. The van der Waals surface area contributed by atoms with E-state index in [1.54, 1.807) is 7.11 Å². The van der Waals surface area contributed by atoms with Gasteiger partial charge in [-0.2, -0.15) is 0 Å². The molecule has 6 heteroatoms. The molecule has 27 heavy (non-hydrogen) atoms. The van der Waals surface area contributed by atoms with Gasteiger partial charge < -0.3 is 14.2 Å². The van der Waals surface area contributed by atoms with Crippen molar-refractivity contribution in [1.29, 1.82) is 0 Å². The molecular formula is C21H21NO4S. The Bertz CT molecular complexity index is 915. The Labute approximate surface area is 162 Å². The molecule has 140 valence electrons. The van der Waals surface area contributed by atoms with Crippen LogP contribution in [0, 0.1) is 13.8 Å². The van der Waals surface area contributed by atoms with Crippen LogP contribution in [-0.4, -0.2) is 24.7 Å². The number of carbonyl (C=O) groups excluding carboxylic acids is 1. The predicted octanol–water partition coefficient (Wildman–Crippen LogP) is 4.56. The second kappa shape index (κ2) is 8.68. The molecule has 0 spiro atoms. The maximum absolute atomic E-state index is 11.9. The van der Waals surface area contributed by atoms with E-state index in [2.05, 4.69) is 4.98 Å². The van der Waals surface area contributed by atoms with E-state index >= 15 is 0 Å². The van der Waals surface area contributed by atoms with Crippen molar-refractivity contribution >= 4 is 17.3 Å². The lowest BCUT2D eigenvalue weighted by Gasteiger charge is -2.08. The number of hydrogen-bond acceptors (Lipinski definition) is 6. The molecule has 1 heterocycles. The van der Waals surface area contributed by atoms with Gasteiger partial charge in [0.05, 0.1) is 12.8 Å². The van der Waals surface area contributed by atoms with Crippen LogP contribution in [0.25, 0.3) is 10.6 Å². The van der Waals surface area contributed by atoms with E-state index in [1.807, 2.05) is 61.7 Å². The zero-order chi connectivity index (χ0) is 19.2. The fourth-order valence-electron chi connectivity index (χ4n) is 2.62. The third kappa shape index (κ3) is 5.31. The number of carbonyl (C=O) groups is 1. The second-order valence-corrected chi connectivity index (χ2v) is 7.01. The van der Waals surface area contributed by atoms with E-state index in [4.69, 9.17) is 14.2 Å². The largest absolute Gasteiger partial charge is 0.497 e. The molecule has 0 saturated heterocycles. The van der Waals surface area contributed by atoms with Crippen molar-refractivity contribution in [3.05, 3.63) is 64.7 Å². The summed E-state index contributed by atoms with van der Waals surface area (Å²) in [4.78, 5) is 16.4. The zero-order valence-corrected chi connectivity index (χ0v) is 16.3. The molecule has 3 aromatic rings. The molecule has 0 amide bonds. The van der Waals surface area contributed by atoms with Gasteiger partial charge in [-0.25, -0.2) is 9.78 Å². The van der Waals surface area contributed by atoms with Crippen LogP contribution in [-0.2, 0) is 16.1 Å². The van der Waals surface area contributed by atoms with Crippen LogP contribution >= 0.6 is 11.3 Å². The van der Waals surface area contributed by atoms with Gasteiger partial charge in [0, 0.05) is 10.9 Å². The quantitative estimate of drug-likeness (QED) is 0.560. The van der Waals surface area contributed by atoms with Crippen molar-refractivity contribution in [2.45, 2.75) is 20.5 Å². The molecule has 0 bridgehead atoms. The van der Waals surface area contributed by atoms with Crippen LogP contribution in [0.2, 0.25) is 0 Å². The predicted molar refractivity (Wildman–Crippen MR) is 105 cm³/mol. The van der Waals surface area contributed by atoms with Gasteiger partial charge in [0.25, 0.3) is 0 Å². The number of methoxy groups -OCH3 is 1. The summed E-state index contributed by atoms with van der Waals surface area (Å²) < 4.78 is 16.0. The zero-order valence-electron chi connectivity index (χ0n) is 15.5. The molecule has 0 aliphatic carbocycles. The van der Waals surface area contributed by atoms with E-state index in [-0.39, 0.29) is 13.2 Å². The first-order valence-corrected chi connectivity index (χ1v) is 9.37. The molecule has 0 fully saturated rings. The van der Waals surface area contributed by atoms with Crippen molar-refractivity contribution in [2.75, 3.05) is 13.7 Å². The lowest BCUT2D eigenvalue weighted by atomic mass is 10.1. The van der Waals surface area contributed by atoms with Gasteiger partial charge in [-0.1, -0.05) is 18.2 Å². The van der Waals surface area contributed by atoms with E-state index in [1.165, 1.54) is 11.3 Å². The topological polar surface area (TPSA) is 57.7 Å². The number of esters is 1. The molecule has 0 N–H and O–H groups in total. The molecule has 5 nitrogen and oxygen atoms in total. The molecule has 0 aliphatic rings. The normalized spacial score (nSPS) is 10.5. The maximum Gasteiger partial charge on any atom is 0.344 e. The summed E-state index contributed by atoms with van der Waals surface area (Å²) in [7, 11) is 1.63. The molecule has 0 radical (unpaired) electrons. The first-order valence-electron chi connectivity index (χ1n) is 8.49. The number of rotatable bonds is 7. The summed E-state index contributed by atoms with van der Waals surface area (Å²) in [5.41, 5.74) is 3.85. The van der Waals surface area contributed by atoms with Crippen LogP contribution in [0.1, 0.15) is 16.8 Å². The van der Waals surface area contributed by atoms with Crippen molar-refractivity contribution in [3.8, 4) is 22.1 Å². The summed E-state index contributed by atoms with van der Waals surface area (Å²) in [6.07, 6.45) is 0. The minimum Gasteiger partial charge on any atom is -0.497 e. The van der Waals surface area contributed by atoms with Gasteiger partial charge in [-0.05, 0) is 49.2 Å². The number of nitrogens with zero attached hydrogens (tertiary/aromatic N) is 1. The third-order valence-electron chi connectivity index (χ3n) is 3.80. The summed E-state index contributed by atoms with van der Waals surface area (Å²) in [5, 5.41) is 2.73. The smallest absolute Gasteiger partial charge is 0.344 e. The fraction of sp³-hybridized carbons (Fsp3) is 0.238. The van der Waals surface area contributed by atoms with Crippen LogP contribution in [0.3, 0.4) is 0 Å². The van der Waals surface area contributed by atoms with Crippen molar-refractivity contribution in [1.82, 2.24) is 4.98 Å². The van der Waals surface area contributed by atoms with E-state index in [9.17, 15) is 4.79 Å². The molecule has 2 aromatic carbocycles. The summed E-state index contributed by atoms with van der Waals surface area (Å²) in [6.45, 7) is 3.96. The first-order chi connectivity index (χ1) is 13.0. The summed E-state index contributed by atoms with van der Waals surface area (Å²) in [5.74, 6) is 1.02. The van der Waals surface area contributed by atoms with Crippen LogP contribution in [0.4, 0.5) is 0 Å². The van der Waals surface area contributed by atoms with Crippen molar-refractivity contribution in [3.63, 3.8) is 0 Å². The molecule has 0 atom stereocenters. The highest BCUT2D eigenvalue weighted by Gasteiger charge is 2.10. The Balaban J connectivity index is 1.52. The Hall–Kier alpha value is -2.86. The Morgan fingerprint density at radius 3 is 2.59 bits per heavy atom. The average Bonchev–Trinajstić information content (AvgIpc) is 3.13. The van der Waals surface area contributed by atoms with E-state index in [0.29, 0.717) is 11.4 Å². The molecular weight excluding hydrogens is 362 g/mol. The van der Waals surface area contributed by atoms with E-state index < -0.39 is 5.97 Å². The minimum absolute atomic E-state index is 0.121. The molecule has 0 saturated carbocycles. The maximum atomic E-state index is 11.9. The number of aryl methyl sites for hydroxylation is 2. The SMILES string of the molecule is COc1cccc(-c2nc(COC(=O)COc3cc(C)cc(C)c3)cs2)c1. The van der Waals surface area contributed by atoms with Gasteiger partial charge >= 0.3 is 5.97 Å². The van der Waals surface area contributed by atoms with Gasteiger partial charge in [-0.3, -0.25) is 0 Å². The van der Waals surface area contributed by atoms with Gasteiger partial charge in [0.1, 0.15) is 23.1 Å². The minimum atomic E-state index is -0.426. The average molecular weight is 383 g/mol.